The Balaban J connectivity index is 3.07. The van der Waals surface area contributed by atoms with E-state index in [-0.39, 0.29) is 0 Å². The third-order valence-electron chi connectivity index (χ3n) is 1.12. The summed E-state index contributed by atoms with van der Waals surface area (Å²) in [5.74, 6) is 0. The van der Waals surface area contributed by atoms with E-state index in [4.69, 9.17) is 12.2 Å². The zero-order chi connectivity index (χ0) is 7.11. The molecule has 0 spiro atoms. The van der Waals surface area contributed by atoms with E-state index in [1.807, 2.05) is 0 Å². The van der Waals surface area contributed by atoms with Crippen LogP contribution in [0.2, 0.25) is 0 Å². The zero-order valence-corrected chi connectivity index (χ0v) is 7.28. The lowest BCUT2D eigenvalue weighted by atomic mass is 10.2. The van der Waals surface area contributed by atoms with Gasteiger partial charge >= 0.3 is 0 Å². The minimum Gasteiger partial charge on any atom is -0.0833 e. The molecule has 0 heterocycles. The fraction of sp³-hybridized carbons (Fsp3) is 0.714. The lowest BCUT2D eigenvalue weighted by Gasteiger charge is -1.93. The van der Waals surface area contributed by atoms with Crippen LogP contribution in [0.5, 0.6) is 0 Å². The van der Waals surface area contributed by atoms with Crippen LogP contribution in [0.1, 0.15) is 32.6 Å². The minimum absolute atomic E-state index is 0.804. The van der Waals surface area contributed by atoms with Crippen molar-refractivity contribution in [3.05, 3.63) is 0 Å². The fourth-order valence-electron chi connectivity index (χ4n) is 0.587. The molecule has 0 aliphatic rings. The molecule has 0 saturated heterocycles. The largest absolute Gasteiger partial charge is 0.0833 e. The second-order valence-electron chi connectivity index (χ2n) is 1.98. The second-order valence-corrected chi connectivity index (χ2v) is 2.68. The van der Waals surface area contributed by atoms with Crippen LogP contribution < -0.4 is 0 Å². The molecule has 0 aromatic rings. The van der Waals surface area contributed by atoms with Crippen LogP contribution in [0, 0.1) is 0 Å². The Morgan fingerprint density at radius 2 is 2.11 bits per heavy atom. The topological polar surface area (TPSA) is 0 Å². The lowest BCUT2D eigenvalue weighted by Crippen LogP contribution is -1.92. The molecule has 1 radical (unpaired) electrons. The first-order chi connectivity index (χ1) is 4.31. The number of unbranched alkanes of at least 4 members (excludes halogenated alkanes) is 2. The first kappa shape index (κ1) is 9.18. The van der Waals surface area contributed by atoms with E-state index in [1.54, 1.807) is 0 Å². The van der Waals surface area contributed by atoms with Gasteiger partial charge in [-0.05, 0) is 12.8 Å². The van der Waals surface area contributed by atoms with E-state index in [0.29, 0.717) is 0 Å². The molecule has 0 nitrogen and oxygen atoms in total. The predicted octanol–water partition coefficient (Wildman–Crippen LogP) is 2.81. The minimum atomic E-state index is 0.804. The molecule has 0 unspecified atom stereocenters. The monoisotopic (exact) mass is 159 g/mol. The summed E-state index contributed by atoms with van der Waals surface area (Å²) >= 11 is 9.39. The highest BCUT2D eigenvalue weighted by Crippen LogP contribution is 1.99. The molecule has 0 atom stereocenters. The SMILES string of the molecule is CCCCCC(=S)[C]=S. The van der Waals surface area contributed by atoms with Gasteiger partial charge in [0.2, 0.25) is 0 Å². The molecule has 0 fully saturated rings. The second kappa shape index (κ2) is 6.30. The van der Waals surface area contributed by atoms with Gasteiger partial charge in [-0.2, -0.15) is 0 Å². The van der Waals surface area contributed by atoms with Crippen LogP contribution in [0.25, 0.3) is 0 Å². The average Bonchev–Trinajstić information content (AvgIpc) is 1.89. The van der Waals surface area contributed by atoms with Crippen molar-refractivity contribution < 1.29 is 0 Å². The summed E-state index contributed by atoms with van der Waals surface area (Å²) < 4.78 is 0. The van der Waals surface area contributed by atoms with Crippen LogP contribution in [-0.2, 0) is 0 Å². The Labute approximate surface area is 67.6 Å². The Bertz CT molecular complexity index is 97.1. The van der Waals surface area contributed by atoms with E-state index < -0.39 is 0 Å². The number of hydrogen-bond donors (Lipinski definition) is 0. The van der Waals surface area contributed by atoms with Crippen LogP contribution >= 0.6 is 24.4 Å². The molecule has 0 bridgehead atoms. The molecule has 0 rings (SSSR count). The highest BCUT2D eigenvalue weighted by molar-refractivity contribution is 7.88. The molecule has 0 amide bonds. The van der Waals surface area contributed by atoms with Crippen molar-refractivity contribution >= 4 is 34.7 Å². The van der Waals surface area contributed by atoms with Gasteiger partial charge in [0, 0.05) is 4.86 Å². The number of rotatable bonds is 5. The molecule has 0 aliphatic heterocycles. The summed E-state index contributed by atoms with van der Waals surface area (Å²) in [5, 5.41) is 2.54. The summed E-state index contributed by atoms with van der Waals surface area (Å²) in [5.41, 5.74) is 0. The van der Waals surface area contributed by atoms with Crippen LogP contribution in [0.15, 0.2) is 0 Å². The maximum absolute atomic E-state index is 4.85. The van der Waals surface area contributed by atoms with Gasteiger partial charge in [0.05, 0.1) is 5.37 Å². The third kappa shape index (κ3) is 6.06. The van der Waals surface area contributed by atoms with Crippen molar-refractivity contribution in [2.45, 2.75) is 32.6 Å². The summed E-state index contributed by atoms with van der Waals surface area (Å²) in [6.45, 7) is 2.17. The fourth-order valence-corrected chi connectivity index (χ4v) is 0.833. The van der Waals surface area contributed by atoms with Crippen LogP contribution in [0.4, 0.5) is 0 Å². The Kier molecular flexibility index (Phi) is 6.43. The Morgan fingerprint density at radius 1 is 1.44 bits per heavy atom. The van der Waals surface area contributed by atoms with E-state index >= 15 is 0 Å². The lowest BCUT2D eigenvalue weighted by molar-refractivity contribution is 0.747. The van der Waals surface area contributed by atoms with E-state index in [2.05, 4.69) is 24.5 Å². The van der Waals surface area contributed by atoms with Gasteiger partial charge in [0.25, 0.3) is 0 Å². The van der Waals surface area contributed by atoms with Gasteiger partial charge in [0.15, 0.2) is 0 Å². The Morgan fingerprint density at radius 3 is 2.56 bits per heavy atom. The maximum atomic E-state index is 4.85. The molecule has 0 aromatic carbocycles. The maximum Gasteiger partial charge on any atom is 0.0708 e. The highest BCUT2D eigenvalue weighted by atomic mass is 32.1. The summed E-state index contributed by atoms with van der Waals surface area (Å²) in [6.07, 6.45) is 4.60. The van der Waals surface area contributed by atoms with E-state index in [9.17, 15) is 0 Å². The normalized spacial score (nSPS) is 9.00. The van der Waals surface area contributed by atoms with E-state index in [1.165, 1.54) is 19.3 Å². The molecule has 0 aromatic heterocycles. The number of hydrogen-bond acceptors (Lipinski definition) is 2. The van der Waals surface area contributed by atoms with Gasteiger partial charge < -0.3 is 0 Å². The molecule has 0 saturated carbocycles. The van der Waals surface area contributed by atoms with Crippen molar-refractivity contribution in [3.63, 3.8) is 0 Å². The van der Waals surface area contributed by atoms with Crippen LogP contribution in [0.3, 0.4) is 0 Å². The smallest absolute Gasteiger partial charge is 0.0708 e. The van der Waals surface area contributed by atoms with Crippen molar-refractivity contribution in [2.24, 2.45) is 0 Å². The predicted molar refractivity (Wildman–Crippen MR) is 49.3 cm³/mol. The molecule has 9 heavy (non-hydrogen) atoms. The van der Waals surface area contributed by atoms with Gasteiger partial charge in [0.1, 0.15) is 0 Å². The third-order valence-corrected chi connectivity index (χ3v) is 1.80. The van der Waals surface area contributed by atoms with Gasteiger partial charge in [-0.15, -0.1) is 0 Å². The van der Waals surface area contributed by atoms with E-state index in [0.717, 1.165) is 11.3 Å². The molecular weight excluding hydrogens is 148 g/mol. The average molecular weight is 159 g/mol. The standard InChI is InChI=1S/C7H11S2/c1-2-3-4-5-7(9)6-8/h2-5H2,1H3. The summed E-state index contributed by atoms with van der Waals surface area (Å²) in [6, 6.07) is 0. The highest BCUT2D eigenvalue weighted by Gasteiger charge is 1.90. The van der Waals surface area contributed by atoms with Crippen molar-refractivity contribution in [1.82, 2.24) is 0 Å². The molecule has 51 valence electrons. The summed E-state index contributed by atoms with van der Waals surface area (Å²) in [7, 11) is 0. The molecule has 2 heteroatoms. The van der Waals surface area contributed by atoms with Crippen LogP contribution in [-0.4, -0.2) is 10.2 Å². The van der Waals surface area contributed by atoms with Gasteiger partial charge in [-0.25, -0.2) is 0 Å². The first-order valence-electron chi connectivity index (χ1n) is 3.22. The summed E-state index contributed by atoms with van der Waals surface area (Å²) in [4.78, 5) is 0.804. The number of thiocarbonyl (C=S) groups is 2. The van der Waals surface area contributed by atoms with Crippen molar-refractivity contribution in [3.8, 4) is 0 Å². The zero-order valence-electron chi connectivity index (χ0n) is 5.64. The van der Waals surface area contributed by atoms with Crippen molar-refractivity contribution in [2.75, 3.05) is 0 Å². The molecular formula is C7H11S2. The molecule has 0 N–H and O–H groups in total. The van der Waals surface area contributed by atoms with Gasteiger partial charge in [-0.3, -0.25) is 0 Å². The van der Waals surface area contributed by atoms with Gasteiger partial charge in [-0.1, -0.05) is 44.2 Å². The first-order valence-corrected chi connectivity index (χ1v) is 4.04. The quantitative estimate of drug-likeness (QED) is 0.447. The Hall–Kier alpha value is 0.180. The molecule has 0 aliphatic carbocycles. The van der Waals surface area contributed by atoms with Crippen molar-refractivity contribution in [1.29, 1.82) is 0 Å².